The van der Waals surface area contributed by atoms with Gasteiger partial charge < -0.3 is 5.32 Å². The zero-order valence-corrected chi connectivity index (χ0v) is 19.7. The highest BCUT2D eigenvalue weighted by Crippen LogP contribution is 2.32. The van der Waals surface area contributed by atoms with E-state index >= 15 is 0 Å². The highest BCUT2D eigenvalue weighted by Gasteiger charge is 2.31. The molecule has 0 unspecified atom stereocenters. The predicted octanol–water partition coefficient (Wildman–Crippen LogP) is 5.53. The quantitative estimate of drug-likeness (QED) is 0.278. The zero-order chi connectivity index (χ0) is 21.3. The molecule has 1 heterocycles. The Hall–Kier alpha value is -1.96. The molecule has 1 aliphatic heterocycles. The lowest BCUT2D eigenvalue weighted by Gasteiger charge is -2.14. The van der Waals surface area contributed by atoms with Crippen LogP contribution in [0.1, 0.15) is 36.8 Å². The lowest BCUT2D eigenvalue weighted by molar-refractivity contribution is -0.123. The Labute approximate surface area is 195 Å². The molecule has 0 saturated carbocycles. The summed E-state index contributed by atoms with van der Waals surface area (Å²) in [6.45, 7) is 1.15. The first-order chi connectivity index (χ1) is 14.5. The molecule has 1 N–H and O–H groups in total. The largest absolute Gasteiger partial charge is 0.352 e. The number of amides is 2. The standard InChI is InChI=1S/C23H23BrN2O2S2/c24-19-12-10-17(11-13-19)15-20-22(28)26(23(29)30-20)14-6-2-5-9-21(27)25-16-18-7-3-1-4-8-18/h1,3-4,7-8,10-13,15H,2,5-6,9,14,16H2,(H,25,27)/b20-15-. The summed E-state index contributed by atoms with van der Waals surface area (Å²) in [6.07, 6.45) is 4.87. The number of unbranched alkanes of at least 4 members (excludes halogenated alkanes) is 2. The lowest BCUT2D eigenvalue weighted by atomic mass is 10.1. The number of rotatable bonds is 9. The number of hydrogen-bond acceptors (Lipinski definition) is 4. The molecule has 2 aromatic carbocycles. The summed E-state index contributed by atoms with van der Waals surface area (Å²) in [6, 6.07) is 17.7. The smallest absolute Gasteiger partial charge is 0.266 e. The average molecular weight is 503 g/mol. The van der Waals surface area contributed by atoms with Crippen molar-refractivity contribution in [3.05, 3.63) is 75.1 Å². The van der Waals surface area contributed by atoms with E-state index in [4.69, 9.17) is 12.2 Å². The van der Waals surface area contributed by atoms with Crippen molar-refractivity contribution in [2.75, 3.05) is 6.54 Å². The Bertz CT molecular complexity index is 930. The van der Waals surface area contributed by atoms with E-state index in [0.717, 1.165) is 34.9 Å². The third-order valence-corrected chi connectivity index (χ3v) is 6.57. The van der Waals surface area contributed by atoms with Crippen LogP contribution in [-0.4, -0.2) is 27.6 Å². The van der Waals surface area contributed by atoms with Gasteiger partial charge in [-0.2, -0.15) is 0 Å². The van der Waals surface area contributed by atoms with E-state index in [1.54, 1.807) is 4.90 Å². The van der Waals surface area contributed by atoms with Gasteiger partial charge in [0.2, 0.25) is 5.91 Å². The molecule has 4 nitrogen and oxygen atoms in total. The molecule has 2 amide bonds. The Kier molecular flexibility index (Phi) is 8.66. The first kappa shape index (κ1) is 22.7. The van der Waals surface area contributed by atoms with Crippen LogP contribution in [0.5, 0.6) is 0 Å². The monoisotopic (exact) mass is 502 g/mol. The maximum absolute atomic E-state index is 12.7. The second kappa shape index (κ2) is 11.4. The summed E-state index contributed by atoms with van der Waals surface area (Å²) < 4.78 is 1.60. The summed E-state index contributed by atoms with van der Waals surface area (Å²) in [7, 11) is 0. The van der Waals surface area contributed by atoms with Crippen molar-refractivity contribution >= 4 is 62.1 Å². The van der Waals surface area contributed by atoms with Crippen LogP contribution in [0.2, 0.25) is 0 Å². The number of thiocarbonyl (C=S) groups is 1. The second-order valence-electron chi connectivity index (χ2n) is 6.96. The molecule has 0 bridgehead atoms. The fourth-order valence-electron chi connectivity index (χ4n) is 3.02. The van der Waals surface area contributed by atoms with Crippen molar-refractivity contribution in [3.63, 3.8) is 0 Å². The fourth-order valence-corrected chi connectivity index (χ4v) is 4.59. The summed E-state index contributed by atoms with van der Waals surface area (Å²) in [4.78, 5) is 26.9. The summed E-state index contributed by atoms with van der Waals surface area (Å²) in [5.74, 6) is 0.0235. The molecule has 0 atom stereocenters. The minimum Gasteiger partial charge on any atom is -0.352 e. The molecular weight excluding hydrogens is 480 g/mol. The molecule has 1 fully saturated rings. The van der Waals surface area contributed by atoms with Crippen molar-refractivity contribution in [1.82, 2.24) is 10.2 Å². The first-order valence-corrected chi connectivity index (χ1v) is 11.9. The summed E-state index contributed by atoms with van der Waals surface area (Å²) in [5.41, 5.74) is 2.07. The van der Waals surface area contributed by atoms with Gasteiger partial charge in [0.25, 0.3) is 5.91 Å². The van der Waals surface area contributed by atoms with E-state index < -0.39 is 0 Å². The van der Waals surface area contributed by atoms with Crippen LogP contribution in [0.4, 0.5) is 0 Å². The van der Waals surface area contributed by atoms with E-state index in [0.29, 0.717) is 28.7 Å². The van der Waals surface area contributed by atoms with Crippen molar-refractivity contribution in [2.45, 2.75) is 32.2 Å². The molecule has 0 radical (unpaired) electrons. The topological polar surface area (TPSA) is 49.4 Å². The van der Waals surface area contributed by atoms with Crippen LogP contribution in [0.3, 0.4) is 0 Å². The van der Waals surface area contributed by atoms with Gasteiger partial charge in [-0.3, -0.25) is 14.5 Å². The molecule has 0 aliphatic carbocycles. The second-order valence-corrected chi connectivity index (χ2v) is 9.55. The molecule has 7 heteroatoms. The summed E-state index contributed by atoms with van der Waals surface area (Å²) >= 11 is 10.1. The molecule has 1 aliphatic rings. The van der Waals surface area contributed by atoms with Gasteiger partial charge in [0.15, 0.2) is 0 Å². The average Bonchev–Trinajstić information content (AvgIpc) is 3.01. The molecular formula is C23H23BrN2O2S2. The van der Waals surface area contributed by atoms with E-state index in [9.17, 15) is 9.59 Å². The summed E-state index contributed by atoms with van der Waals surface area (Å²) in [5, 5.41) is 2.94. The van der Waals surface area contributed by atoms with Gasteiger partial charge in [-0.25, -0.2) is 0 Å². The number of nitrogens with one attached hydrogen (secondary N) is 1. The number of halogens is 1. The van der Waals surface area contributed by atoms with Crippen molar-refractivity contribution < 1.29 is 9.59 Å². The van der Waals surface area contributed by atoms with Gasteiger partial charge >= 0.3 is 0 Å². The maximum Gasteiger partial charge on any atom is 0.266 e. The molecule has 0 spiro atoms. The third-order valence-electron chi connectivity index (χ3n) is 4.66. The Morgan fingerprint density at radius 2 is 1.80 bits per heavy atom. The van der Waals surface area contributed by atoms with E-state index in [1.807, 2.05) is 60.7 Å². The van der Waals surface area contributed by atoms with Gasteiger partial charge in [-0.05, 0) is 42.2 Å². The number of benzene rings is 2. The minimum atomic E-state index is -0.0338. The van der Waals surface area contributed by atoms with Gasteiger partial charge in [-0.15, -0.1) is 0 Å². The molecule has 156 valence electrons. The Morgan fingerprint density at radius 1 is 1.07 bits per heavy atom. The number of hydrogen-bond donors (Lipinski definition) is 1. The maximum atomic E-state index is 12.7. The lowest BCUT2D eigenvalue weighted by Crippen LogP contribution is -2.29. The van der Waals surface area contributed by atoms with Crippen LogP contribution < -0.4 is 5.32 Å². The normalized spacial score (nSPS) is 15.1. The van der Waals surface area contributed by atoms with Gasteiger partial charge in [0.05, 0.1) is 4.91 Å². The fraction of sp³-hybridized carbons (Fsp3) is 0.261. The third kappa shape index (κ3) is 6.79. The molecule has 1 saturated heterocycles. The van der Waals surface area contributed by atoms with Crippen LogP contribution in [0, 0.1) is 0 Å². The number of thioether (sulfide) groups is 1. The van der Waals surface area contributed by atoms with Crippen molar-refractivity contribution in [1.29, 1.82) is 0 Å². The minimum absolute atomic E-state index is 0.0338. The van der Waals surface area contributed by atoms with Gasteiger partial charge in [0, 0.05) is 24.0 Å². The van der Waals surface area contributed by atoms with Crippen LogP contribution >= 0.6 is 39.9 Å². The SMILES string of the molecule is O=C(CCCCCN1C(=O)/C(=C/c2ccc(Br)cc2)SC1=S)NCc1ccccc1. The van der Waals surface area contributed by atoms with Crippen LogP contribution in [0.15, 0.2) is 64.0 Å². The first-order valence-electron chi connectivity index (χ1n) is 9.84. The molecule has 2 aromatic rings. The van der Waals surface area contributed by atoms with Crippen molar-refractivity contribution in [3.8, 4) is 0 Å². The van der Waals surface area contributed by atoms with Crippen LogP contribution in [-0.2, 0) is 16.1 Å². The predicted molar refractivity (Wildman–Crippen MR) is 131 cm³/mol. The van der Waals surface area contributed by atoms with Crippen molar-refractivity contribution in [2.24, 2.45) is 0 Å². The molecule has 0 aromatic heterocycles. The molecule has 30 heavy (non-hydrogen) atoms. The highest BCUT2D eigenvalue weighted by atomic mass is 79.9. The van der Waals surface area contributed by atoms with Gasteiger partial charge in [0.1, 0.15) is 4.32 Å². The zero-order valence-electron chi connectivity index (χ0n) is 16.5. The van der Waals surface area contributed by atoms with E-state index in [-0.39, 0.29) is 11.8 Å². The van der Waals surface area contributed by atoms with Gasteiger partial charge in [-0.1, -0.05) is 88.8 Å². The number of nitrogens with zero attached hydrogens (tertiary/aromatic N) is 1. The Morgan fingerprint density at radius 3 is 2.53 bits per heavy atom. The Balaban J connectivity index is 1.37. The number of carbonyl (C=O) groups excluding carboxylic acids is 2. The van der Waals surface area contributed by atoms with Crippen LogP contribution in [0.25, 0.3) is 6.08 Å². The van der Waals surface area contributed by atoms with E-state index in [2.05, 4.69) is 21.2 Å². The molecule has 3 rings (SSSR count). The number of carbonyl (C=O) groups is 2. The van der Waals surface area contributed by atoms with E-state index in [1.165, 1.54) is 11.8 Å². The highest BCUT2D eigenvalue weighted by molar-refractivity contribution is 9.10.